The van der Waals surface area contributed by atoms with Gasteiger partial charge in [-0.25, -0.2) is 0 Å². The lowest BCUT2D eigenvalue weighted by molar-refractivity contribution is -0.384. The third-order valence-electron chi connectivity index (χ3n) is 3.85. The van der Waals surface area contributed by atoms with Crippen LogP contribution in [0.5, 0.6) is 0 Å². The predicted octanol–water partition coefficient (Wildman–Crippen LogP) is 3.26. The Morgan fingerprint density at radius 1 is 1.43 bits per heavy atom. The average molecular weight is 303 g/mol. The number of rotatable bonds is 4. The molecule has 0 spiro atoms. The maximum atomic E-state index is 10.9. The lowest BCUT2D eigenvalue weighted by Gasteiger charge is -2.27. The summed E-state index contributed by atoms with van der Waals surface area (Å²) in [7, 11) is 1.85. The number of nitrogens with one attached hydrogen (secondary N) is 1. The Hall–Kier alpha value is -1.92. The van der Waals surface area contributed by atoms with Crippen LogP contribution in [0.3, 0.4) is 0 Å². The predicted molar refractivity (Wildman–Crippen MR) is 84.8 cm³/mol. The number of hydrogen-bond donors (Lipinski definition) is 1. The zero-order valence-electron chi connectivity index (χ0n) is 11.8. The van der Waals surface area contributed by atoms with E-state index in [1.807, 2.05) is 18.4 Å². The number of thiophene rings is 1. The number of non-ortho nitro benzene ring substituents is 1. The number of nitro groups is 1. The van der Waals surface area contributed by atoms with E-state index in [9.17, 15) is 10.1 Å². The normalized spacial score (nSPS) is 14.7. The van der Waals surface area contributed by atoms with Crippen LogP contribution in [0.2, 0.25) is 0 Å². The molecule has 0 radical (unpaired) electrons. The van der Waals surface area contributed by atoms with Gasteiger partial charge in [0.05, 0.1) is 4.92 Å². The Labute approximate surface area is 127 Å². The largest absolute Gasteiger partial charge is 0.388 e. The average Bonchev–Trinajstić information content (AvgIpc) is 2.94. The second-order valence-electron chi connectivity index (χ2n) is 5.18. The lowest BCUT2D eigenvalue weighted by atomic mass is 10.1. The fourth-order valence-electron chi connectivity index (χ4n) is 2.75. The van der Waals surface area contributed by atoms with E-state index < -0.39 is 0 Å². The fraction of sp³-hybridized carbons (Fsp3) is 0.333. The number of nitrogens with zero attached hydrogens (tertiary/aromatic N) is 2. The molecule has 0 unspecified atom stereocenters. The molecule has 110 valence electrons. The van der Waals surface area contributed by atoms with Gasteiger partial charge in [-0.15, -0.1) is 11.3 Å². The van der Waals surface area contributed by atoms with Gasteiger partial charge < -0.3 is 5.32 Å². The maximum Gasteiger partial charge on any atom is 0.269 e. The number of fused-ring (bicyclic) bond motifs is 1. The van der Waals surface area contributed by atoms with Gasteiger partial charge in [-0.05, 0) is 35.1 Å². The molecule has 3 rings (SSSR count). The summed E-state index contributed by atoms with van der Waals surface area (Å²) in [4.78, 5) is 14.4. The minimum absolute atomic E-state index is 0.150. The molecule has 1 aromatic carbocycles. The van der Waals surface area contributed by atoms with Crippen LogP contribution in [-0.4, -0.2) is 23.4 Å². The molecule has 2 heterocycles. The summed E-state index contributed by atoms with van der Waals surface area (Å²) in [6, 6.07) is 7.18. The van der Waals surface area contributed by atoms with Gasteiger partial charge in [-0.1, -0.05) is 0 Å². The highest BCUT2D eigenvalue weighted by Gasteiger charge is 2.19. The molecule has 0 amide bonds. The molecule has 6 heteroatoms. The molecule has 21 heavy (non-hydrogen) atoms. The van der Waals surface area contributed by atoms with Gasteiger partial charge in [0.15, 0.2) is 0 Å². The van der Waals surface area contributed by atoms with Gasteiger partial charge in [-0.2, -0.15) is 0 Å². The zero-order chi connectivity index (χ0) is 14.8. The Morgan fingerprint density at radius 2 is 2.29 bits per heavy atom. The number of nitro benzene ring substituents is 1. The molecule has 0 aliphatic carbocycles. The van der Waals surface area contributed by atoms with Crippen LogP contribution in [0.25, 0.3) is 0 Å². The van der Waals surface area contributed by atoms with E-state index in [1.54, 1.807) is 18.2 Å². The van der Waals surface area contributed by atoms with E-state index in [0.717, 1.165) is 37.3 Å². The molecule has 0 bridgehead atoms. The highest BCUT2D eigenvalue weighted by molar-refractivity contribution is 7.10. The van der Waals surface area contributed by atoms with Crippen molar-refractivity contribution < 1.29 is 4.92 Å². The minimum Gasteiger partial charge on any atom is -0.388 e. The van der Waals surface area contributed by atoms with E-state index in [0.29, 0.717) is 0 Å². The van der Waals surface area contributed by atoms with Crippen molar-refractivity contribution in [3.05, 3.63) is 55.8 Å². The van der Waals surface area contributed by atoms with E-state index in [1.165, 1.54) is 10.4 Å². The molecule has 2 aromatic rings. The first kappa shape index (κ1) is 14.0. The Balaban J connectivity index is 1.81. The SMILES string of the molecule is CNc1ccc([N+](=O)[O-])cc1CN1CCc2sccc2C1. The second-order valence-corrected chi connectivity index (χ2v) is 6.18. The summed E-state index contributed by atoms with van der Waals surface area (Å²) in [5, 5.41) is 16.2. The van der Waals surface area contributed by atoms with Crippen LogP contribution in [0.4, 0.5) is 11.4 Å². The fourth-order valence-corrected chi connectivity index (χ4v) is 3.64. The van der Waals surface area contributed by atoms with Crippen molar-refractivity contribution in [2.45, 2.75) is 19.5 Å². The third-order valence-corrected chi connectivity index (χ3v) is 4.87. The molecule has 1 N–H and O–H groups in total. The second kappa shape index (κ2) is 5.83. The van der Waals surface area contributed by atoms with Crippen molar-refractivity contribution in [1.29, 1.82) is 0 Å². The summed E-state index contributed by atoms with van der Waals surface area (Å²) >= 11 is 1.82. The highest BCUT2D eigenvalue weighted by Crippen LogP contribution is 2.28. The molecule has 0 saturated carbocycles. The van der Waals surface area contributed by atoms with Crippen LogP contribution in [0.1, 0.15) is 16.0 Å². The maximum absolute atomic E-state index is 10.9. The van der Waals surface area contributed by atoms with Crippen LogP contribution < -0.4 is 5.32 Å². The standard InChI is InChI=1S/C15H17N3O2S/c1-16-14-3-2-13(18(19)20)8-12(14)10-17-6-4-15-11(9-17)5-7-21-15/h2-3,5,7-8,16H,4,6,9-10H2,1H3. The van der Waals surface area contributed by atoms with E-state index in [4.69, 9.17) is 0 Å². The Bertz CT molecular complexity index is 669. The summed E-state index contributed by atoms with van der Waals surface area (Å²) in [5.41, 5.74) is 3.47. The Morgan fingerprint density at radius 3 is 3.05 bits per heavy atom. The van der Waals surface area contributed by atoms with Crippen molar-refractivity contribution >= 4 is 22.7 Å². The zero-order valence-corrected chi connectivity index (χ0v) is 12.7. The molecule has 0 atom stereocenters. The smallest absolute Gasteiger partial charge is 0.269 e. The Kier molecular flexibility index (Phi) is 3.90. The quantitative estimate of drug-likeness (QED) is 0.696. The van der Waals surface area contributed by atoms with Crippen molar-refractivity contribution in [2.75, 3.05) is 18.9 Å². The van der Waals surface area contributed by atoms with E-state index in [-0.39, 0.29) is 10.6 Å². The molecule has 1 aliphatic heterocycles. The van der Waals surface area contributed by atoms with Crippen LogP contribution in [-0.2, 0) is 19.5 Å². The van der Waals surface area contributed by atoms with Gasteiger partial charge in [0.2, 0.25) is 0 Å². The highest BCUT2D eigenvalue weighted by atomic mass is 32.1. The monoisotopic (exact) mass is 303 g/mol. The van der Waals surface area contributed by atoms with Gasteiger partial charge >= 0.3 is 0 Å². The summed E-state index contributed by atoms with van der Waals surface area (Å²) < 4.78 is 0. The van der Waals surface area contributed by atoms with Gasteiger partial charge in [0.1, 0.15) is 0 Å². The molecule has 0 saturated heterocycles. The summed E-state index contributed by atoms with van der Waals surface area (Å²) in [6.07, 6.45) is 1.07. The molecule has 1 aliphatic rings. The van der Waals surface area contributed by atoms with Crippen LogP contribution in [0.15, 0.2) is 29.6 Å². The van der Waals surface area contributed by atoms with Crippen molar-refractivity contribution in [3.63, 3.8) is 0 Å². The molecule has 1 aromatic heterocycles. The van der Waals surface area contributed by atoms with E-state index in [2.05, 4.69) is 21.7 Å². The van der Waals surface area contributed by atoms with Crippen LogP contribution in [0, 0.1) is 10.1 Å². The molecular weight excluding hydrogens is 286 g/mol. The lowest BCUT2D eigenvalue weighted by Crippen LogP contribution is -2.29. The first-order valence-electron chi connectivity index (χ1n) is 6.90. The summed E-state index contributed by atoms with van der Waals surface area (Å²) in [6.45, 7) is 2.65. The topological polar surface area (TPSA) is 58.4 Å². The molecule has 5 nitrogen and oxygen atoms in total. The molecule has 0 fully saturated rings. The van der Waals surface area contributed by atoms with Crippen molar-refractivity contribution in [1.82, 2.24) is 4.90 Å². The van der Waals surface area contributed by atoms with Gasteiger partial charge in [0, 0.05) is 49.4 Å². The van der Waals surface area contributed by atoms with Crippen LogP contribution >= 0.6 is 11.3 Å². The summed E-state index contributed by atoms with van der Waals surface area (Å²) in [5.74, 6) is 0. The first-order chi connectivity index (χ1) is 10.2. The number of benzene rings is 1. The number of hydrogen-bond acceptors (Lipinski definition) is 5. The minimum atomic E-state index is -0.337. The first-order valence-corrected chi connectivity index (χ1v) is 7.78. The molecular formula is C15H17N3O2S. The van der Waals surface area contributed by atoms with Crippen molar-refractivity contribution in [2.24, 2.45) is 0 Å². The number of anilines is 1. The van der Waals surface area contributed by atoms with Gasteiger partial charge in [0.25, 0.3) is 5.69 Å². The van der Waals surface area contributed by atoms with Gasteiger partial charge in [-0.3, -0.25) is 15.0 Å². The van der Waals surface area contributed by atoms with E-state index >= 15 is 0 Å². The third kappa shape index (κ3) is 2.91. The van der Waals surface area contributed by atoms with Crippen molar-refractivity contribution in [3.8, 4) is 0 Å².